The molecule has 2 atom stereocenters. The number of hydrogen-bond acceptors (Lipinski definition) is 1. The Labute approximate surface area is 95.0 Å². The number of hydrogen-bond donors (Lipinski definition) is 1. The Morgan fingerprint density at radius 2 is 2.00 bits per heavy atom. The van der Waals surface area contributed by atoms with Crippen molar-refractivity contribution in [2.45, 2.75) is 65.3 Å². The van der Waals surface area contributed by atoms with Crippen LogP contribution in [0.3, 0.4) is 0 Å². The summed E-state index contributed by atoms with van der Waals surface area (Å²) in [7, 11) is 0. The molecule has 0 radical (unpaired) electrons. The molecule has 15 heavy (non-hydrogen) atoms. The van der Waals surface area contributed by atoms with Crippen molar-refractivity contribution < 1.29 is 0 Å². The van der Waals surface area contributed by atoms with Gasteiger partial charge in [0.2, 0.25) is 0 Å². The van der Waals surface area contributed by atoms with E-state index < -0.39 is 0 Å². The van der Waals surface area contributed by atoms with Gasteiger partial charge in [0.15, 0.2) is 0 Å². The van der Waals surface area contributed by atoms with Crippen LogP contribution in [0.2, 0.25) is 0 Å². The fourth-order valence-electron chi connectivity index (χ4n) is 3.06. The highest BCUT2D eigenvalue weighted by atomic mass is 14.9. The molecule has 1 heteroatoms. The first-order valence-electron chi connectivity index (χ1n) is 6.80. The molecule has 0 aromatic heterocycles. The second-order valence-electron chi connectivity index (χ2n) is 6.68. The van der Waals surface area contributed by atoms with Crippen LogP contribution in [0.25, 0.3) is 0 Å². The van der Waals surface area contributed by atoms with Gasteiger partial charge in [0.1, 0.15) is 0 Å². The van der Waals surface area contributed by atoms with Crippen molar-refractivity contribution in [2.75, 3.05) is 6.54 Å². The minimum absolute atomic E-state index is 0.582. The van der Waals surface area contributed by atoms with Crippen LogP contribution in [0.1, 0.15) is 59.3 Å². The SMILES string of the molecule is CC(CNC1CCCC(C)(C)C1)C1CC1. The Balaban J connectivity index is 1.69. The normalized spacial score (nSPS) is 32.6. The van der Waals surface area contributed by atoms with Crippen LogP contribution in [0.4, 0.5) is 0 Å². The summed E-state index contributed by atoms with van der Waals surface area (Å²) in [5.41, 5.74) is 0.582. The van der Waals surface area contributed by atoms with Crippen LogP contribution < -0.4 is 5.32 Å². The molecule has 0 spiro atoms. The first kappa shape index (κ1) is 11.4. The first-order valence-corrected chi connectivity index (χ1v) is 6.80. The second-order valence-corrected chi connectivity index (χ2v) is 6.68. The van der Waals surface area contributed by atoms with Gasteiger partial charge in [-0.1, -0.05) is 27.2 Å². The van der Waals surface area contributed by atoms with E-state index in [2.05, 4.69) is 26.1 Å². The van der Waals surface area contributed by atoms with Crippen molar-refractivity contribution in [1.82, 2.24) is 5.32 Å². The predicted octanol–water partition coefficient (Wildman–Crippen LogP) is 3.59. The van der Waals surface area contributed by atoms with E-state index in [4.69, 9.17) is 0 Å². The van der Waals surface area contributed by atoms with Crippen LogP contribution in [-0.2, 0) is 0 Å². The van der Waals surface area contributed by atoms with Gasteiger partial charge in [-0.25, -0.2) is 0 Å². The van der Waals surface area contributed by atoms with Crippen LogP contribution >= 0.6 is 0 Å². The molecule has 2 aliphatic carbocycles. The lowest BCUT2D eigenvalue weighted by atomic mass is 9.75. The first-order chi connectivity index (χ1) is 7.07. The van der Waals surface area contributed by atoms with Gasteiger partial charge in [-0.05, 0) is 55.9 Å². The largest absolute Gasteiger partial charge is 0.314 e. The fourth-order valence-corrected chi connectivity index (χ4v) is 3.06. The zero-order chi connectivity index (χ0) is 10.9. The zero-order valence-corrected chi connectivity index (χ0v) is 10.7. The van der Waals surface area contributed by atoms with E-state index in [0.717, 1.165) is 17.9 Å². The molecule has 2 aliphatic rings. The Kier molecular flexibility index (Phi) is 3.39. The smallest absolute Gasteiger partial charge is 0.00722 e. The average Bonchev–Trinajstić information content (AvgIpc) is 2.95. The lowest BCUT2D eigenvalue weighted by molar-refractivity contribution is 0.194. The molecule has 0 aromatic carbocycles. The van der Waals surface area contributed by atoms with Gasteiger partial charge in [0.05, 0.1) is 0 Å². The van der Waals surface area contributed by atoms with Gasteiger partial charge in [-0.3, -0.25) is 0 Å². The predicted molar refractivity (Wildman–Crippen MR) is 65.9 cm³/mol. The summed E-state index contributed by atoms with van der Waals surface area (Å²) in [4.78, 5) is 0. The van der Waals surface area contributed by atoms with E-state index in [1.54, 1.807) is 0 Å². The summed E-state index contributed by atoms with van der Waals surface area (Å²) in [6, 6.07) is 0.801. The molecule has 2 unspecified atom stereocenters. The molecule has 0 bridgehead atoms. The molecule has 2 fully saturated rings. The molecule has 1 nitrogen and oxygen atoms in total. The Hall–Kier alpha value is -0.0400. The number of nitrogens with one attached hydrogen (secondary N) is 1. The van der Waals surface area contributed by atoms with Crippen molar-refractivity contribution in [3.63, 3.8) is 0 Å². The molecule has 0 saturated heterocycles. The summed E-state index contributed by atoms with van der Waals surface area (Å²) in [6.45, 7) is 8.51. The monoisotopic (exact) mass is 209 g/mol. The van der Waals surface area contributed by atoms with Gasteiger partial charge >= 0.3 is 0 Å². The highest BCUT2D eigenvalue weighted by molar-refractivity contribution is 4.85. The van der Waals surface area contributed by atoms with Gasteiger partial charge in [-0.2, -0.15) is 0 Å². The summed E-state index contributed by atoms with van der Waals surface area (Å²) in [6.07, 6.45) is 8.59. The van der Waals surface area contributed by atoms with Crippen LogP contribution in [0.15, 0.2) is 0 Å². The Bertz CT molecular complexity index is 205. The van der Waals surface area contributed by atoms with Crippen LogP contribution in [-0.4, -0.2) is 12.6 Å². The van der Waals surface area contributed by atoms with E-state index in [1.165, 1.54) is 45.1 Å². The summed E-state index contributed by atoms with van der Waals surface area (Å²) < 4.78 is 0. The van der Waals surface area contributed by atoms with Crippen LogP contribution in [0, 0.1) is 17.3 Å². The topological polar surface area (TPSA) is 12.0 Å². The molecule has 0 amide bonds. The minimum Gasteiger partial charge on any atom is -0.314 e. The lowest BCUT2D eigenvalue weighted by Crippen LogP contribution is -2.39. The standard InChI is InChI=1S/C14H27N/c1-11(12-6-7-12)10-15-13-5-4-8-14(2,3)9-13/h11-13,15H,4-10H2,1-3H3. The van der Waals surface area contributed by atoms with Crippen molar-refractivity contribution in [3.8, 4) is 0 Å². The summed E-state index contributed by atoms with van der Waals surface area (Å²) in [5, 5.41) is 3.80. The molecule has 1 N–H and O–H groups in total. The maximum absolute atomic E-state index is 3.80. The van der Waals surface area contributed by atoms with Crippen molar-refractivity contribution in [2.24, 2.45) is 17.3 Å². The summed E-state index contributed by atoms with van der Waals surface area (Å²) in [5.74, 6) is 1.96. The van der Waals surface area contributed by atoms with Crippen molar-refractivity contribution in [3.05, 3.63) is 0 Å². The number of rotatable bonds is 4. The Morgan fingerprint density at radius 3 is 2.60 bits per heavy atom. The van der Waals surface area contributed by atoms with Gasteiger partial charge in [-0.15, -0.1) is 0 Å². The third-order valence-electron chi connectivity index (χ3n) is 4.36. The zero-order valence-electron chi connectivity index (χ0n) is 10.7. The maximum atomic E-state index is 3.80. The average molecular weight is 209 g/mol. The van der Waals surface area contributed by atoms with Gasteiger partial charge < -0.3 is 5.32 Å². The van der Waals surface area contributed by atoms with Gasteiger partial charge in [0, 0.05) is 6.04 Å². The molecule has 0 heterocycles. The maximum Gasteiger partial charge on any atom is 0.00722 e. The van der Waals surface area contributed by atoms with Crippen molar-refractivity contribution in [1.29, 1.82) is 0 Å². The Morgan fingerprint density at radius 1 is 1.27 bits per heavy atom. The van der Waals surface area contributed by atoms with E-state index >= 15 is 0 Å². The van der Waals surface area contributed by atoms with Crippen molar-refractivity contribution >= 4 is 0 Å². The second kappa shape index (κ2) is 4.45. The van der Waals surface area contributed by atoms with E-state index in [9.17, 15) is 0 Å². The molecule has 0 aliphatic heterocycles. The minimum atomic E-state index is 0.582. The lowest BCUT2D eigenvalue weighted by Gasteiger charge is -2.36. The molecule has 0 aromatic rings. The van der Waals surface area contributed by atoms with E-state index in [1.807, 2.05) is 0 Å². The third-order valence-corrected chi connectivity index (χ3v) is 4.36. The van der Waals surface area contributed by atoms with Gasteiger partial charge in [0.25, 0.3) is 0 Å². The molecule has 88 valence electrons. The van der Waals surface area contributed by atoms with E-state index in [-0.39, 0.29) is 0 Å². The molecular weight excluding hydrogens is 182 g/mol. The molecular formula is C14H27N. The quantitative estimate of drug-likeness (QED) is 0.746. The molecule has 2 rings (SSSR count). The fraction of sp³-hybridized carbons (Fsp3) is 1.00. The highest BCUT2D eigenvalue weighted by Crippen LogP contribution is 2.37. The summed E-state index contributed by atoms with van der Waals surface area (Å²) >= 11 is 0. The third kappa shape index (κ3) is 3.48. The molecule has 2 saturated carbocycles. The van der Waals surface area contributed by atoms with Crippen LogP contribution in [0.5, 0.6) is 0 Å². The highest BCUT2D eigenvalue weighted by Gasteiger charge is 2.30. The van der Waals surface area contributed by atoms with E-state index in [0.29, 0.717) is 5.41 Å².